The molecule has 0 bridgehead atoms. The van der Waals surface area contributed by atoms with Gasteiger partial charge < -0.3 is 9.47 Å². The van der Waals surface area contributed by atoms with Crippen molar-refractivity contribution in [3.63, 3.8) is 0 Å². The predicted octanol–water partition coefficient (Wildman–Crippen LogP) is 2.03. The molecule has 140 valence electrons. The number of aromatic nitrogens is 2. The largest absolute Gasteiger partial charge is 0.490 e. The number of aryl methyl sites for hydroxylation is 1. The van der Waals surface area contributed by atoms with Crippen molar-refractivity contribution in [1.29, 1.82) is 0 Å². The number of hydrogen-bond acceptors (Lipinski definition) is 5. The molecule has 0 radical (unpaired) electrons. The van der Waals surface area contributed by atoms with Gasteiger partial charge in [0.1, 0.15) is 18.0 Å². The van der Waals surface area contributed by atoms with Gasteiger partial charge >= 0.3 is 0 Å². The Morgan fingerprint density at radius 2 is 2.23 bits per heavy atom. The molecule has 1 unspecified atom stereocenters. The smallest absolute Gasteiger partial charge is 0.240 e. The molecule has 26 heavy (non-hydrogen) atoms. The highest BCUT2D eigenvalue weighted by atomic mass is 32.2. The van der Waals surface area contributed by atoms with Gasteiger partial charge in [-0.15, -0.1) is 0 Å². The second kappa shape index (κ2) is 6.68. The van der Waals surface area contributed by atoms with Crippen molar-refractivity contribution in [2.75, 3.05) is 6.61 Å². The van der Waals surface area contributed by atoms with Crippen LogP contribution >= 0.6 is 0 Å². The van der Waals surface area contributed by atoms with Gasteiger partial charge in [0.05, 0.1) is 17.1 Å². The zero-order chi connectivity index (χ0) is 18.3. The van der Waals surface area contributed by atoms with Gasteiger partial charge in [-0.3, -0.25) is 4.68 Å². The summed E-state index contributed by atoms with van der Waals surface area (Å²) in [5.41, 5.74) is 1.83. The number of fused-ring (bicyclic) bond motifs is 1. The van der Waals surface area contributed by atoms with Gasteiger partial charge in [0.2, 0.25) is 10.0 Å². The van der Waals surface area contributed by atoms with E-state index in [0.29, 0.717) is 13.0 Å². The fraction of sp³-hybridized carbons (Fsp3) is 0.500. The summed E-state index contributed by atoms with van der Waals surface area (Å²) in [6.07, 6.45) is 4.78. The minimum Gasteiger partial charge on any atom is -0.490 e. The van der Waals surface area contributed by atoms with Crippen LogP contribution in [0.2, 0.25) is 0 Å². The minimum atomic E-state index is -3.64. The summed E-state index contributed by atoms with van der Waals surface area (Å²) in [6.45, 7) is 5.26. The number of rotatable bonds is 5. The molecular weight excluding hydrogens is 354 g/mol. The van der Waals surface area contributed by atoms with Crippen LogP contribution in [0.4, 0.5) is 0 Å². The Labute approximate surface area is 153 Å². The Balaban J connectivity index is 1.54. The molecule has 1 N–H and O–H groups in total. The highest BCUT2D eigenvalue weighted by Crippen LogP contribution is 2.33. The number of ether oxygens (including phenoxy) is 2. The second-order valence-corrected chi connectivity index (χ2v) is 8.55. The van der Waals surface area contributed by atoms with Crippen LogP contribution in [0.15, 0.2) is 35.5 Å². The Hall–Kier alpha value is -1.90. The Bertz CT molecular complexity index is 909. The van der Waals surface area contributed by atoms with Gasteiger partial charge in [-0.1, -0.05) is 0 Å². The quantitative estimate of drug-likeness (QED) is 0.862. The van der Waals surface area contributed by atoms with Crippen LogP contribution in [-0.4, -0.2) is 37.0 Å². The molecule has 0 amide bonds. The average Bonchev–Trinajstić information content (AvgIpc) is 3.31. The maximum absolute atomic E-state index is 12.9. The molecule has 1 saturated heterocycles. The summed E-state index contributed by atoms with van der Waals surface area (Å²) in [4.78, 5) is 0.267. The summed E-state index contributed by atoms with van der Waals surface area (Å²) in [5, 5.41) is 4.26. The number of benzene rings is 1. The molecule has 8 heteroatoms. The third-order valence-electron chi connectivity index (χ3n) is 4.88. The predicted molar refractivity (Wildman–Crippen MR) is 95.6 cm³/mol. The monoisotopic (exact) mass is 377 g/mol. The second-order valence-electron chi connectivity index (χ2n) is 6.84. The molecule has 3 heterocycles. The van der Waals surface area contributed by atoms with Gasteiger partial charge in [-0.2, -0.15) is 5.10 Å². The van der Waals surface area contributed by atoms with Gasteiger partial charge in [-0.05, 0) is 44.0 Å². The molecule has 0 spiro atoms. The molecule has 1 aromatic heterocycles. The van der Waals surface area contributed by atoms with E-state index < -0.39 is 10.0 Å². The summed E-state index contributed by atoms with van der Waals surface area (Å²) in [7, 11) is -3.64. The lowest BCUT2D eigenvalue weighted by atomic mass is 10.1. The van der Waals surface area contributed by atoms with E-state index in [1.165, 1.54) is 0 Å². The van der Waals surface area contributed by atoms with Crippen LogP contribution in [0.3, 0.4) is 0 Å². The summed E-state index contributed by atoms with van der Waals surface area (Å²) >= 11 is 0. The molecular formula is C18H23N3O4S. The van der Waals surface area contributed by atoms with E-state index in [9.17, 15) is 8.42 Å². The first-order chi connectivity index (χ1) is 12.5. The lowest BCUT2D eigenvalue weighted by molar-refractivity contribution is 0.102. The third kappa shape index (κ3) is 3.24. The van der Waals surface area contributed by atoms with E-state index in [2.05, 4.69) is 9.82 Å². The number of nitrogens with zero attached hydrogens (tertiary/aromatic N) is 2. The lowest BCUT2D eigenvalue weighted by Gasteiger charge is -2.19. The first-order valence-electron chi connectivity index (χ1n) is 8.92. The molecule has 1 fully saturated rings. The number of hydrogen-bond donors (Lipinski definition) is 1. The summed E-state index contributed by atoms with van der Waals surface area (Å²) < 4.78 is 41.8. The van der Waals surface area contributed by atoms with Gasteiger partial charge in [-0.25, -0.2) is 13.1 Å². The van der Waals surface area contributed by atoms with E-state index >= 15 is 0 Å². The van der Waals surface area contributed by atoms with E-state index in [1.54, 1.807) is 24.4 Å². The van der Waals surface area contributed by atoms with Crippen molar-refractivity contribution >= 4 is 10.0 Å². The zero-order valence-corrected chi connectivity index (χ0v) is 15.7. The van der Waals surface area contributed by atoms with Crippen LogP contribution in [0, 0.1) is 0 Å². The summed E-state index contributed by atoms with van der Waals surface area (Å²) in [5.74, 6) is 0.769. The van der Waals surface area contributed by atoms with Crippen molar-refractivity contribution in [3.8, 4) is 5.75 Å². The van der Waals surface area contributed by atoms with Gasteiger partial charge in [0.15, 0.2) is 0 Å². The maximum Gasteiger partial charge on any atom is 0.240 e. The van der Waals surface area contributed by atoms with Gasteiger partial charge in [0.25, 0.3) is 0 Å². The van der Waals surface area contributed by atoms with Crippen molar-refractivity contribution in [2.45, 2.75) is 56.4 Å². The van der Waals surface area contributed by atoms with Crippen molar-refractivity contribution in [1.82, 2.24) is 14.5 Å². The molecule has 0 aliphatic carbocycles. The lowest BCUT2D eigenvalue weighted by Crippen LogP contribution is -2.36. The van der Waals surface area contributed by atoms with Crippen molar-refractivity contribution < 1.29 is 17.9 Å². The molecule has 2 aliphatic rings. The fourth-order valence-electron chi connectivity index (χ4n) is 3.57. The molecule has 3 atom stereocenters. The molecule has 2 aromatic rings. The third-order valence-corrected chi connectivity index (χ3v) is 6.37. The Morgan fingerprint density at radius 3 is 3.00 bits per heavy atom. The minimum absolute atomic E-state index is 0.0821. The molecule has 4 rings (SSSR count). The zero-order valence-electron chi connectivity index (χ0n) is 14.9. The Kier molecular flexibility index (Phi) is 4.50. The SMILES string of the molecule is CCn1cc([C@H]2OCC[C@@H]2NS(=O)(=O)c2ccc3c(c2)CC(C)O3)cn1. The van der Waals surface area contributed by atoms with Crippen LogP contribution < -0.4 is 9.46 Å². The topological polar surface area (TPSA) is 82.5 Å². The fourth-order valence-corrected chi connectivity index (χ4v) is 4.89. The summed E-state index contributed by atoms with van der Waals surface area (Å²) in [6, 6.07) is 4.74. The van der Waals surface area contributed by atoms with Crippen LogP contribution in [0.1, 0.15) is 37.5 Å². The highest BCUT2D eigenvalue weighted by Gasteiger charge is 2.34. The van der Waals surface area contributed by atoms with Crippen molar-refractivity contribution in [2.24, 2.45) is 0 Å². The molecule has 7 nitrogen and oxygen atoms in total. The molecule has 1 aromatic carbocycles. The van der Waals surface area contributed by atoms with E-state index in [-0.39, 0.29) is 23.1 Å². The van der Waals surface area contributed by atoms with E-state index in [0.717, 1.165) is 29.8 Å². The number of nitrogens with one attached hydrogen (secondary N) is 1. The molecule has 2 aliphatic heterocycles. The average molecular weight is 377 g/mol. The number of sulfonamides is 1. The molecule has 0 saturated carbocycles. The van der Waals surface area contributed by atoms with E-state index in [4.69, 9.17) is 9.47 Å². The van der Waals surface area contributed by atoms with E-state index in [1.807, 2.05) is 24.7 Å². The highest BCUT2D eigenvalue weighted by molar-refractivity contribution is 7.89. The van der Waals surface area contributed by atoms with Crippen LogP contribution in [0.25, 0.3) is 0 Å². The normalized spacial score (nSPS) is 25.2. The van der Waals surface area contributed by atoms with Gasteiger partial charge in [0, 0.05) is 31.3 Å². The standard InChI is InChI=1S/C18H23N3O4S/c1-3-21-11-14(10-19-21)18-16(6-7-24-18)20-26(22,23)15-4-5-17-13(9-15)8-12(2)25-17/h4-5,9-12,16,18,20H,3,6-8H2,1-2H3/t12?,16-,18+/m0/s1. The maximum atomic E-state index is 12.9. The first-order valence-corrected chi connectivity index (χ1v) is 10.4. The van der Waals surface area contributed by atoms with Crippen LogP contribution in [-0.2, 0) is 27.7 Å². The van der Waals surface area contributed by atoms with Crippen LogP contribution in [0.5, 0.6) is 5.75 Å². The Morgan fingerprint density at radius 1 is 1.38 bits per heavy atom. The first kappa shape index (κ1) is 17.5. The van der Waals surface area contributed by atoms with Crippen molar-refractivity contribution in [3.05, 3.63) is 41.7 Å².